The minimum absolute atomic E-state index is 0.654. The second-order valence-corrected chi connectivity index (χ2v) is 7.47. The molecule has 1 aromatic heterocycles. The maximum absolute atomic E-state index is 5.97. The fraction of sp³-hybridized carbons (Fsp3) is 0.778. The molecule has 21 heavy (non-hydrogen) atoms. The van der Waals surface area contributed by atoms with Crippen LogP contribution in [0.25, 0.3) is 0 Å². The predicted molar refractivity (Wildman–Crippen MR) is 86.4 cm³/mol. The van der Waals surface area contributed by atoms with Crippen molar-refractivity contribution in [2.24, 2.45) is 11.8 Å². The Kier molecular flexibility index (Phi) is 4.70. The average molecular weight is 290 g/mol. The highest BCUT2D eigenvalue weighted by molar-refractivity contribution is 5.17. The first-order chi connectivity index (χ1) is 10.1. The molecular formula is C18H30N2O. The van der Waals surface area contributed by atoms with Crippen LogP contribution in [0.15, 0.2) is 16.5 Å². The molecular weight excluding hydrogens is 260 g/mol. The highest BCUT2D eigenvalue weighted by atomic mass is 16.3. The maximum atomic E-state index is 5.97. The lowest BCUT2D eigenvalue weighted by Gasteiger charge is -2.33. The van der Waals surface area contributed by atoms with Crippen LogP contribution in [0.5, 0.6) is 0 Å². The molecule has 0 spiro atoms. The van der Waals surface area contributed by atoms with Gasteiger partial charge in [-0.1, -0.05) is 20.8 Å². The van der Waals surface area contributed by atoms with Crippen molar-refractivity contribution in [1.29, 1.82) is 0 Å². The molecule has 3 nitrogen and oxygen atoms in total. The van der Waals surface area contributed by atoms with E-state index in [1.807, 2.05) is 0 Å². The maximum Gasteiger partial charge on any atom is 0.117 e. The van der Waals surface area contributed by atoms with Crippen LogP contribution in [0.3, 0.4) is 0 Å². The molecule has 3 rings (SSSR count). The van der Waals surface area contributed by atoms with Crippen LogP contribution in [0, 0.1) is 11.8 Å². The van der Waals surface area contributed by atoms with E-state index in [4.69, 9.17) is 4.42 Å². The molecule has 118 valence electrons. The largest absolute Gasteiger partial charge is 0.464 e. The molecule has 3 heteroatoms. The number of likely N-dealkylation sites (tertiary alicyclic amines) is 1. The molecule has 2 atom stereocenters. The molecule has 1 aliphatic heterocycles. The van der Waals surface area contributed by atoms with Crippen LogP contribution in [0.2, 0.25) is 0 Å². The highest BCUT2D eigenvalue weighted by Gasteiger charge is 2.36. The van der Waals surface area contributed by atoms with E-state index in [1.54, 1.807) is 0 Å². The monoisotopic (exact) mass is 290 g/mol. The molecule has 1 aromatic rings. The predicted octanol–water partition coefficient (Wildman–Crippen LogP) is 3.61. The van der Waals surface area contributed by atoms with Gasteiger partial charge in [0.15, 0.2) is 0 Å². The number of nitrogens with one attached hydrogen (secondary N) is 1. The Morgan fingerprint density at radius 1 is 1.29 bits per heavy atom. The smallest absolute Gasteiger partial charge is 0.117 e. The second-order valence-electron chi connectivity index (χ2n) is 7.47. The molecule has 1 saturated heterocycles. The molecule has 2 aliphatic rings. The van der Waals surface area contributed by atoms with Crippen LogP contribution in [0.1, 0.15) is 57.5 Å². The number of rotatable bonds is 6. The zero-order chi connectivity index (χ0) is 14.8. The van der Waals surface area contributed by atoms with Gasteiger partial charge in [0, 0.05) is 18.5 Å². The van der Waals surface area contributed by atoms with Crippen LogP contribution in [0.4, 0.5) is 0 Å². The summed E-state index contributed by atoms with van der Waals surface area (Å²) in [6.45, 7) is 11.5. The summed E-state index contributed by atoms with van der Waals surface area (Å²) in [7, 11) is 0. The molecule has 0 aromatic carbocycles. The van der Waals surface area contributed by atoms with Crippen LogP contribution >= 0.6 is 0 Å². The second kappa shape index (κ2) is 6.53. The quantitative estimate of drug-likeness (QED) is 0.867. The Hall–Kier alpha value is -0.800. The van der Waals surface area contributed by atoms with Gasteiger partial charge in [-0.05, 0) is 56.3 Å². The summed E-state index contributed by atoms with van der Waals surface area (Å²) >= 11 is 0. The summed E-state index contributed by atoms with van der Waals surface area (Å²) in [4.78, 5) is 2.60. The van der Waals surface area contributed by atoms with Gasteiger partial charge < -0.3 is 14.6 Å². The highest BCUT2D eigenvalue weighted by Crippen LogP contribution is 2.47. The number of furan rings is 1. The third-order valence-electron chi connectivity index (χ3n) is 4.93. The fourth-order valence-corrected chi connectivity index (χ4v) is 3.49. The minimum Gasteiger partial charge on any atom is -0.464 e. The first-order valence-corrected chi connectivity index (χ1v) is 8.66. The van der Waals surface area contributed by atoms with E-state index < -0.39 is 0 Å². The molecule has 0 amide bonds. The van der Waals surface area contributed by atoms with E-state index in [-0.39, 0.29) is 0 Å². The summed E-state index contributed by atoms with van der Waals surface area (Å²) in [5.74, 6) is 4.60. The Morgan fingerprint density at radius 2 is 2.00 bits per heavy atom. The van der Waals surface area contributed by atoms with Crippen molar-refractivity contribution >= 4 is 0 Å². The van der Waals surface area contributed by atoms with Gasteiger partial charge >= 0.3 is 0 Å². The lowest BCUT2D eigenvalue weighted by atomic mass is 10.0. The summed E-state index contributed by atoms with van der Waals surface area (Å²) in [6, 6.07) is 4.99. The zero-order valence-corrected chi connectivity index (χ0v) is 13.8. The van der Waals surface area contributed by atoms with Gasteiger partial charge in [-0.3, -0.25) is 0 Å². The standard InChI is InChI=1S/C18H30N2O/c1-13(2)12-20-8-6-15(7-9-20)19-11-16-4-5-18(21-16)17-10-14(17)3/h4-5,13-15,17,19H,6-12H2,1-3H3. The summed E-state index contributed by atoms with van der Waals surface area (Å²) in [6.07, 6.45) is 3.83. The number of piperidine rings is 1. The van der Waals surface area contributed by atoms with Crippen molar-refractivity contribution in [1.82, 2.24) is 10.2 Å². The van der Waals surface area contributed by atoms with Gasteiger partial charge in [0.25, 0.3) is 0 Å². The Balaban J connectivity index is 1.39. The number of hydrogen-bond donors (Lipinski definition) is 1. The lowest BCUT2D eigenvalue weighted by molar-refractivity contribution is 0.178. The Morgan fingerprint density at radius 3 is 2.62 bits per heavy atom. The van der Waals surface area contributed by atoms with Crippen molar-refractivity contribution in [2.75, 3.05) is 19.6 Å². The molecule has 2 fully saturated rings. The van der Waals surface area contributed by atoms with Crippen molar-refractivity contribution in [3.63, 3.8) is 0 Å². The molecule has 1 N–H and O–H groups in total. The van der Waals surface area contributed by atoms with Crippen LogP contribution in [-0.2, 0) is 6.54 Å². The molecule has 1 aliphatic carbocycles. The Labute approximate surface area is 129 Å². The molecule has 0 bridgehead atoms. The van der Waals surface area contributed by atoms with Gasteiger partial charge in [-0.15, -0.1) is 0 Å². The van der Waals surface area contributed by atoms with Gasteiger partial charge in [-0.2, -0.15) is 0 Å². The molecule has 1 saturated carbocycles. The van der Waals surface area contributed by atoms with Crippen molar-refractivity contribution < 1.29 is 4.42 Å². The molecule has 0 radical (unpaired) electrons. The van der Waals surface area contributed by atoms with E-state index in [1.165, 1.54) is 44.7 Å². The number of hydrogen-bond acceptors (Lipinski definition) is 3. The van der Waals surface area contributed by atoms with E-state index in [2.05, 4.69) is 43.1 Å². The SMILES string of the molecule is CC(C)CN1CCC(NCc2ccc(C3CC3C)o2)CC1. The van der Waals surface area contributed by atoms with Gasteiger partial charge in [0.2, 0.25) is 0 Å². The first-order valence-electron chi connectivity index (χ1n) is 8.66. The normalized spacial score (nSPS) is 27.4. The van der Waals surface area contributed by atoms with E-state index in [0.29, 0.717) is 12.0 Å². The topological polar surface area (TPSA) is 28.4 Å². The summed E-state index contributed by atoms with van der Waals surface area (Å²) in [5.41, 5.74) is 0. The lowest BCUT2D eigenvalue weighted by Crippen LogP contribution is -2.43. The zero-order valence-electron chi connectivity index (χ0n) is 13.8. The summed E-state index contributed by atoms with van der Waals surface area (Å²) in [5, 5.41) is 3.68. The molecule has 2 unspecified atom stereocenters. The van der Waals surface area contributed by atoms with Gasteiger partial charge in [-0.25, -0.2) is 0 Å². The fourth-order valence-electron chi connectivity index (χ4n) is 3.49. The number of nitrogens with zero attached hydrogens (tertiary/aromatic N) is 1. The molecule has 2 heterocycles. The third kappa shape index (κ3) is 4.10. The van der Waals surface area contributed by atoms with Gasteiger partial charge in [0.1, 0.15) is 11.5 Å². The minimum atomic E-state index is 0.654. The first kappa shape index (κ1) is 15.1. The Bertz CT molecular complexity index is 446. The van der Waals surface area contributed by atoms with Gasteiger partial charge in [0.05, 0.1) is 6.54 Å². The van der Waals surface area contributed by atoms with E-state index in [9.17, 15) is 0 Å². The van der Waals surface area contributed by atoms with E-state index in [0.717, 1.165) is 24.1 Å². The van der Waals surface area contributed by atoms with E-state index >= 15 is 0 Å². The van der Waals surface area contributed by atoms with Crippen molar-refractivity contribution in [3.05, 3.63) is 23.7 Å². The third-order valence-corrected chi connectivity index (χ3v) is 4.93. The van der Waals surface area contributed by atoms with Crippen molar-refractivity contribution in [2.45, 2.75) is 58.5 Å². The average Bonchev–Trinajstić information content (AvgIpc) is 3.00. The van der Waals surface area contributed by atoms with Crippen LogP contribution < -0.4 is 5.32 Å². The van der Waals surface area contributed by atoms with Crippen LogP contribution in [-0.4, -0.2) is 30.6 Å². The van der Waals surface area contributed by atoms with Crippen molar-refractivity contribution in [3.8, 4) is 0 Å². The summed E-state index contributed by atoms with van der Waals surface area (Å²) < 4.78 is 5.97.